The predicted octanol–water partition coefficient (Wildman–Crippen LogP) is 0.664. The summed E-state index contributed by atoms with van der Waals surface area (Å²) in [6.07, 6.45) is 3.31. The normalized spacial score (nSPS) is 10.3. The topological polar surface area (TPSA) is 46.5 Å². The van der Waals surface area contributed by atoms with Gasteiger partial charge in [-0.1, -0.05) is 12.2 Å². The molecule has 0 saturated heterocycles. The molecule has 52 valence electrons. The molecule has 1 N–H and O–H groups in total. The highest BCUT2D eigenvalue weighted by Crippen LogP contribution is 1.81. The molecular weight excluding hydrogens is 120 g/mol. The first-order valence-corrected chi connectivity index (χ1v) is 2.63. The molecule has 0 aromatic heterocycles. The third-order valence-corrected chi connectivity index (χ3v) is 0.722. The van der Waals surface area contributed by atoms with Crippen molar-refractivity contribution in [3.8, 4) is 0 Å². The van der Waals surface area contributed by atoms with Crippen LogP contribution >= 0.6 is 0 Å². The van der Waals surface area contributed by atoms with Gasteiger partial charge in [0.25, 0.3) is 0 Å². The van der Waals surface area contributed by atoms with Crippen molar-refractivity contribution < 1.29 is 14.6 Å². The van der Waals surface area contributed by atoms with Crippen LogP contribution in [0.3, 0.4) is 0 Å². The zero-order valence-corrected chi connectivity index (χ0v) is 5.33. The van der Waals surface area contributed by atoms with E-state index in [1.54, 1.807) is 19.3 Å². The number of hydrogen-bond donors (Lipinski definition) is 1. The lowest BCUT2D eigenvalue weighted by molar-refractivity contribution is -0.136. The minimum absolute atomic E-state index is 0.0728. The van der Waals surface area contributed by atoms with Crippen molar-refractivity contribution in [2.45, 2.75) is 6.42 Å². The largest absolute Gasteiger partial charge is 0.481 e. The summed E-state index contributed by atoms with van der Waals surface area (Å²) in [6, 6.07) is 0. The van der Waals surface area contributed by atoms with Gasteiger partial charge in [-0.15, -0.1) is 0 Å². The van der Waals surface area contributed by atoms with Crippen LogP contribution in [0.4, 0.5) is 0 Å². The molecule has 0 aromatic carbocycles. The Morgan fingerprint density at radius 1 is 1.67 bits per heavy atom. The molecule has 0 aliphatic carbocycles. The van der Waals surface area contributed by atoms with Crippen LogP contribution in [-0.4, -0.2) is 24.8 Å². The molecule has 0 heterocycles. The van der Waals surface area contributed by atoms with Gasteiger partial charge in [0, 0.05) is 7.11 Å². The second kappa shape index (κ2) is 5.31. The molecular formula is C6H10O3. The van der Waals surface area contributed by atoms with Gasteiger partial charge in [-0.3, -0.25) is 4.79 Å². The van der Waals surface area contributed by atoms with Crippen molar-refractivity contribution in [3.05, 3.63) is 12.2 Å². The number of carboxylic acids is 1. The summed E-state index contributed by atoms with van der Waals surface area (Å²) in [6.45, 7) is 0.479. The average Bonchev–Trinajstić information content (AvgIpc) is 1.80. The summed E-state index contributed by atoms with van der Waals surface area (Å²) in [4.78, 5) is 9.87. The fraction of sp³-hybridized carbons (Fsp3) is 0.500. The van der Waals surface area contributed by atoms with Crippen LogP contribution in [0.5, 0.6) is 0 Å². The second-order valence-corrected chi connectivity index (χ2v) is 1.52. The van der Waals surface area contributed by atoms with E-state index in [0.29, 0.717) is 6.61 Å². The van der Waals surface area contributed by atoms with Crippen molar-refractivity contribution in [3.63, 3.8) is 0 Å². The van der Waals surface area contributed by atoms with Crippen molar-refractivity contribution in [1.82, 2.24) is 0 Å². The molecule has 0 aliphatic heterocycles. The summed E-state index contributed by atoms with van der Waals surface area (Å²) in [5.41, 5.74) is 0. The van der Waals surface area contributed by atoms with E-state index in [4.69, 9.17) is 5.11 Å². The molecule has 0 aliphatic rings. The summed E-state index contributed by atoms with van der Waals surface area (Å²) in [5.74, 6) is -0.817. The fourth-order valence-corrected chi connectivity index (χ4v) is 0.348. The molecule has 0 rings (SSSR count). The maximum absolute atomic E-state index is 9.87. The van der Waals surface area contributed by atoms with E-state index in [9.17, 15) is 4.79 Å². The molecule has 3 nitrogen and oxygen atoms in total. The van der Waals surface area contributed by atoms with E-state index in [1.807, 2.05) is 0 Å². The van der Waals surface area contributed by atoms with Crippen molar-refractivity contribution >= 4 is 5.97 Å². The number of carbonyl (C=O) groups is 1. The van der Waals surface area contributed by atoms with Crippen LogP contribution in [-0.2, 0) is 9.53 Å². The second-order valence-electron chi connectivity index (χ2n) is 1.52. The minimum atomic E-state index is -0.817. The first-order chi connectivity index (χ1) is 4.27. The highest BCUT2D eigenvalue weighted by Gasteiger charge is 1.87. The Labute approximate surface area is 53.9 Å². The summed E-state index contributed by atoms with van der Waals surface area (Å²) < 4.78 is 4.64. The fourth-order valence-electron chi connectivity index (χ4n) is 0.348. The van der Waals surface area contributed by atoms with Crippen molar-refractivity contribution in [1.29, 1.82) is 0 Å². The predicted molar refractivity (Wildman–Crippen MR) is 33.3 cm³/mol. The molecule has 0 bridgehead atoms. The molecule has 3 heteroatoms. The monoisotopic (exact) mass is 130 g/mol. The number of carboxylic acid groups (broad SMARTS) is 1. The van der Waals surface area contributed by atoms with E-state index in [-0.39, 0.29) is 6.42 Å². The third-order valence-electron chi connectivity index (χ3n) is 0.722. The first-order valence-electron chi connectivity index (χ1n) is 2.63. The van der Waals surface area contributed by atoms with E-state index >= 15 is 0 Å². The van der Waals surface area contributed by atoms with E-state index < -0.39 is 5.97 Å². The van der Waals surface area contributed by atoms with Gasteiger partial charge in [-0.25, -0.2) is 0 Å². The van der Waals surface area contributed by atoms with Crippen LogP contribution in [0.1, 0.15) is 6.42 Å². The molecule has 0 aromatic rings. The highest BCUT2D eigenvalue weighted by atomic mass is 16.5. The van der Waals surface area contributed by atoms with Gasteiger partial charge < -0.3 is 9.84 Å². The van der Waals surface area contributed by atoms with Gasteiger partial charge in [-0.05, 0) is 0 Å². The Hall–Kier alpha value is -0.830. The number of aliphatic carboxylic acids is 1. The van der Waals surface area contributed by atoms with Gasteiger partial charge >= 0.3 is 5.97 Å². The van der Waals surface area contributed by atoms with E-state index in [0.717, 1.165) is 0 Å². The molecule has 0 fully saturated rings. The Morgan fingerprint density at radius 2 is 2.33 bits per heavy atom. The number of ether oxygens (including phenoxy) is 1. The van der Waals surface area contributed by atoms with Crippen LogP contribution in [0.2, 0.25) is 0 Å². The average molecular weight is 130 g/mol. The van der Waals surface area contributed by atoms with Gasteiger partial charge in [-0.2, -0.15) is 0 Å². The molecule has 0 unspecified atom stereocenters. The van der Waals surface area contributed by atoms with Gasteiger partial charge in [0.15, 0.2) is 0 Å². The van der Waals surface area contributed by atoms with Crippen molar-refractivity contribution in [2.75, 3.05) is 13.7 Å². The Balaban J connectivity index is 3.14. The van der Waals surface area contributed by atoms with Crippen LogP contribution in [0.25, 0.3) is 0 Å². The zero-order chi connectivity index (χ0) is 7.11. The molecule has 0 amide bonds. The first kappa shape index (κ1) is 8.17. The minimum Gasteiger partial charge on any atom is -0.481 e. The van der Waals surface area contributed by atoms with E-state index in [2.05, 4.69) is 4.74 Å². The number of hydrogen-bond acceptors (Lipinski definition) is 2. The lowest BCUT2D eigenvalue weighted by atomic mass is 10.4. The number of methoxy groups -OCH3 is 1. The van der Waals surface area contributed by atoms with Gasteiger partial charge in [0.05, 0.1) is 13.0 Å². The van der Waals surface area contributed by atoms with Crippen molar-refractivity contribution in [2.24, 2.45) is 0 Å². The van der Waals surface area contributed by atoms with Crippen LogP contribution in [0.15, 0.2) is 12.2 Å². The SMILES string of the molecule is COCC=CCC(=O)O. The lowest BCUT2D eigenvalue weighted by Crippen LogP contribution is -1.90. The standard InChI is InChI=1S/C6H10O3/c1-9-5-3-2-4-6(7)8/h2-3H,4-5H2,1H3,(H,7,8). The maximum Gasteiger partial charge on any atom is 0.307 e. The Bertz CT molecular complexity index is 107. The molecule has 0 saturated carbocycles. The molecule has 0 atom stereocenters. The maximum atomic E-state index is 9.87. The smallest absolute Gasteiger partial charge is 0.307 e. The number of rotatable bonds is 4. The van der Waals surface area contributed by atoms with Crippen LogP contribution in [0, 0.1) is 0 Å². The van der Waals surface area contributed by atoms with Crippen LogP contribution < -0.4 is 0 Å². The molecule has 0 spiro atoms. The summed E-state index contributed by atoms with van der Waals surface area (Å²) in [7, 11) is 1.56. The van der Waals surface area contributed by atoms with Gasteiger partial charge in [0.1, 0.15) is 0 Å². The Morgan fingerprint density at radius 3 is 2.78 bits per heavy atom. The Kier molecular flexibility index (Phi) is 4.82. The molecule has 0 radical (unpaired) electrons. The quantitative estimate of drug-likeness (QED) is 0.569. The third kappa shape index (κ3) is 7.17. The molecule has 9 heavy (non-hydrogen) atoms. The lowest BCUT2D eigenvalue weighted by Gasteiger charge is -1.85. The van der Waals surface area contributed by atoms with Gasteiger partial charge in [0.2, 0.25) is 0 Å². The summed E-state index contributed by atoms with van der Waals surface area (Å²) in [5, 5.41) is 8.12. The zero-order valence-electron chi connectivity index (χ0n) is 5.33. The summed E-state index contributed by atoms with van der Waals surface area (Å²) >= 11 is 0. The van der Waals surface area contributed by atoms with E-state index in [1.165, 1.54) is 0 Å². The highest BCUT2D eigenvalue weighted by molar-refractivity contribution is 5.68.